The fourth-order valence-corrected chi connectivity index (χ4v) is 2.90. The molecule has 2 aliphatic heterocycles. The Morgan fingerprint density at radius 3 is 2.88 bits per heavy atom. The van der Waals surface area contributed by atoms with Crippen molar-refractivity contribution in [1.82, 2.24) is 15.1 Å². The van der Waals surface area contributed by atoms with Gasteiger partial charge in [-0.3, -0.25) is 9.69 Å². The van der Waals surface area contributed by atoms with Gasteiger partial charge in [0.05, 0.1) is 13.2 Å². The van der Waals surface area contributed by atoms with E-state index in [0.29, 0.717) is 18.5 Å². The van der Waals surface area contributed by atoms with Crippen molar-refractivity contribution < 1.29 is 4.79 Å². The van der Waals surface area contributed by atoms with E-state index in [1.54, 1.807) is 0 Å². The van der Waals surface area contributed by atoms with Crippen LogP contribution in [-0.2, 0) is 4.79 Å². The lowest BCUT2D eigenvalue weighted by Gasteiger charge is -2.27. The van der Waals surface area contributed by atoms with Crippen LogP contribution in [0.3, 0.4) is 0 Å². The molecule has 1 N–H and O–H groups in total. The lowest BCUT2D eigenvalue weighted by molar-refractivity contribution is -0.127. The fourth-order valence-electron chi connectivity index (χ4n) is 2.90. The standard InChI is InChI=1S/C12H21N3O/c16-12-8-14(9-15(12)11-3-4-11)7-10-2-1-5-13-6-10/h10-11,13H,1-9H2. The normalized spacial score (nSPS) is 32.4. The van der Waals surface area contributed by atoms with Crippen LogP contribution in [0.5, 0.6) is 0 Å². The summed E-state index contributed by atoms with van der Waals surface area (Å²) in [4.78, 5) is 16.2. The molecule has 3 rings (SSSR count). The molecule has 1 saturated carbocycles. The minimum Gasteiger partial charge on any atom is -0.326 e. The van der Waals surface area contributed by atoms with E-state index < -0.39 is 0 Å². The van der Waals surface area contributed by atoms with Gasteiger partial charge in [-0.25, -0.2) is 0 Å². The van der Waals surface area contributed by atoms with E-state index in [4.69, 9.17) is 0 Å². The molecule has 0 bridgehead atoms. The van der Waals surface area contributed by atoms with Crippen LogP contribution in [0, 0.1) is 5.92 Å². The molecule has 2 heterocycles. The Hall–Kier alpha value is -0.610. The first-order valence-corrected chi connectivity index (χ1v) is 6.55. The topological polar surface area (TPSA) is 35.6 Å². The third-order valence-electron chi connectivity index (χ3n) is 3.93. The van der Waals surface area contributed by atoms with Gasteiger partial charge in [0.15, 0.2) is 0 Å². The number of piperidine rings is 1. The van der Waals surface area contributed by atoms with Gasteiger partial charge in [0, 0.05) is 12.6 Å². The molecule has 4 heteroatoms. The Kier molecular flexibility index (Phi) is 2.86. The van der Waals surface area contributed by atoms with Gasteiger partial charge >= 0.3 is 0 Å². The molecule has 0 aromatic heterocycles. The summed E-state index contributed by atoms with van der Waals surface area (Å²) in [5, 5.41) is 3.44. The average Bonchev–Trinajstić information content (AvgIpc) is 3.06. The second-order valence-electron chi connectivity index (χ2n) is 5.46. The summed E-state index contributed by atoms with van der Waals surface area (Å²) in [6.07, 6.45) is 5.06. The second-order valence-corrected chi connectivity index (χ2v) is 5.46. The predicted molar refractivity (Wildman–Crippen MR) is 61.9 cm³/mol. The van der Waals surface area contributed by atoms with Gasteiger partial charge < -0.3 is 10.2 Å². The first kappa shape index (κ1) is 10.5. The highest BCUT2D eigenvalue weighted by Gasteiger charge is 2.38. The van der Waals surface area contributed by atoms with Crippen LogP contribution in [0.15, 0.2) is 0 Å². The maximum absolute atomic E-state index is 11.8. The van der Waals surface area contributed by atoms with Gasteiger partial charge in [-0.1, -0.05) is 0 Å². The van der Waals surface area contributed by atoms with Crippen molar-refractivity contribution in [3.05, 3.63) is 0 Å². The number of nitrogens with zero attached hydrogens (tertiary/aromatic N) is 2. The summed E-state index contributed by atoms with van der Waals surface area (Å²) in [5.41, 5.74) is 0. The van der Waals surface area contributed by atoms with E-state index in [-0.39, 0.29) is 0 Å². The number of carbonyl (C=O) groups excluding carboxylic acids is 1. The van der Waals surface area contributed by atoms with Gasteiger partial charge in [-0.15, -0.1) is 0 Å². The minimum absolute atomic E-state index is 0.353. The van der Waals surface area contributed by atoms with Gasteiger partial charge in [-0.2, -0.15) is 0 Å². The lowest BCUT2D eigenvalue weighted by Crippen LogP contribution is -2.38. The Labute approximate surface area is 97.0 Å². The van der Waals surface area contributed by atoms with Crippen molar-refractivity contribution >= 4 is 5.91 Å². The Morgan fingerprint density at radius 1 is 1.31 bits per heavy atom. The zero-order chi connectivity index (χ0) is 11.0. The smallest absolute Gasteiger partial charge is 0.238 e. The number of carbonyl (C=O) groups is 1. The van der Waals surface area contributed by atoms with Crippen LogP contribution in [0.1, 0.15) is 25.7 Å². The quantitative estimate of drug-likeness (QED) is 0.745. The number of hydrogen-bond donors (Lipinski definition) is 1. The van der Waals surface area contributed by atoms with Crippen molar-refractivity contribution in [3.63, 3.8) is 0 Å². The molecule has 16 heavy (non-hydrogen) atoms. The van der Waals surface area contributed by atoms with E-state index in [0.717, 1.165) is 25.7 Å². The van der Waals surface area contributed by atoms with Gasteiger partial charge in [0.2, 0.25) is 5.91 Å². The van der Waals surface area contributed by atoms with Crippen LogP contribution in [0.25, 0.3) is 0 Å². The molecule has 4 nitrogen and oxygen atoms in total. The van der Waals surface area contributed by atoms with Crippen molar-refractivity contribution in [3.8, 4) is 0 Å². The summed E-state index contributed by atoms with van der Waals surface area (Å²) < 4.78 is 0. The monoisotopic (exact) mass is 223 g/mol. The van der Waals surface area contributed by atoms with Crippen LogP contribution >= 0.6 is 0 Å². The molecule has 0 aromatic carbocycles. The number of rotatable bonds is 3. The van der Waals surface area contributed by atoms with Crippen LogP contribution in [0.4, 0.5) is 0 Å². The predicted octanol–water partition coefficient (Wildman–Crippen LogP) is 0.250. The summed E-state index contributed by atoms with van der Waals surface area (Å²) in [6.45, 7) is 4.95. The molecule has 1 atom stereocenters. The SMILES string of the molecule is O=C1CN(CC2CCCNC2)CN1C1CC1. The Balaban J connectivity index is 1.50. The van der Waals surface area contributed by atoms with Crippen LogP contribution in [0.2, 0.25) is 0 Å². The second kappa shape index (κ2) is 4.34. The number of nitrogens with one attached hydrogen (secondary N) is 1. The molecular formula is C12H21N3O. The highest BCUT2D eigenvalue weighted by Crippen LogP contribution is 2.29. The minimum atomic E-state index is 0.353. The van der Waals surface area contributed by atoms with E-state index in [1.165, 1.54) is 32.2 Å². The fraction of sp³-hybridized carbons (Fsp3) is 0.917. The summed E-state index contributed by atoms with van der Waals surface area (Å²) in [5.74, 6) is 1.10. The molecule has 1 aliphatic carbocycles. The maximum atomic E-state index is 11.8. The molecule has 2 saturated heterocycles. The average molecular weight is 223 g/mol. The molecule has 0 aromatic rings. The summed E-state index contributed by atoms with van der Waals surface area (Å²) in [7, 11) is 0. The zero-order valence-electron chi connectivity index (χ0n) is 9.82. The van der Waals surface area contributed by atoms with Crippen molar-refractivity contribution in [2.24, 2.45) is 5.92 Å². The van der Waals surface area contributed by atoms with Crippen LogP contribution < -0.4 is 5.32 Å². The van der Waals surface area contributed by atoms with Crippen molar-refractivity contribution in [2.75, 3.05) is 32.8 Å². The molecule has 3 aliphatic rings. The lowest BCUT2D eigenvalue weighted by atomic mass is 9.99. The zero-order valence-corrected chi connectivity index (χ0v) is 9.82. The highest BCUT2D eigenvalue weighted by molar-refractivity contribution is 5.80. The number of amides is 1. The van der Waals surface area contributed by atoms with E-state index in [1.807, 2.05) is 0 Å². The van der Waals surface area contributed by atoms with Crippen molar-refractivity contribution in [2.45, 2.75) is 31.7 Å². The van der Waals surface area contributed by atoms with E-state index in [2.05, 4.69) is 15.1 Å². The van der Waals surface area contributed by atoms with Gasteiger partial charge in [0.25, 0.3) is 0 Å². The van der Waals surface area contributed by atoms with E-state index in [9.17, 15) is 4.79 Å². The molecular weight excluding hydrogens is 202 g/mol. The largest absolute Gasteiger partial charge is 0.326 e. The van der Waals surface area contributed by atoms with Gasteiger partial charge in [-0.05, 0) is 44.7 Å². The summed E-state index contributed by atoms with van der Waals surface area (Å²) in [6, 6.07) is 0.585. The third kappa shape index (κ3) is 2.23. The maximum Gasteiger partial charge on any atom is 0.238 e. The molecule has 1 amide bonds. The molecule has 0 radical (unpaired) electrons. The Bertz CT molecular complexity index is 271. The first-order chi connectivity index (χ1) is 7.83. The molecule has 0 spiro atoms. The van der Waals surface area contributed by atoms with Crippen LogP contribution in [-0.4, -0.2) is 54.6 Å². The van der Waals surface area contributed by atoms with E-state index >= 15 is 0 Å². The van der Waals surface area contributed by atoms with Crippen molar-refractivity contribution in [1.29, 1.82) is 0 Å². The number of hydrogen-bond acceptors (Lipinski definition) is 3. The summed E-state index contributed by atoms with van der Waals surface area (Å²) >= 11 is 0. The van der Waals surface area contributed by atoms with Gasteiger partial charge in [0.1, 0.15) is 0 Å². The Morgan fingerprint density at radius 2 is 2.19 bits per heavy atom. The first-order valence-electron chi connectivity index (χ1n) is 6.55. The molecule has 90 valence electrons. The molecule has 1 unspecified atom stereocenters. The highest BCUT2D eigenvalue weighted by atomic mass is 16.2. The third-order valence-corrected chi connectivity index (χ3v) is 3.93. The molecule has 3 fully saturated rings.